The fraction of sp³-hybridized carbons (Fsp3) is 0.636. The van der Waals surface area contributed by atoms with Gasteiger partial charge in [-0.25, -0.2) is 4.79 Å². The summed E-state index contributed by atoms with van der Waals surface area (Å²) in [5, 5.41) is -0.213. The second-order valence-corrected chi connectivity index (χ2v) is 5.38. The monoisotopic (exact) mass is 212 g/mol. The first-order valence-corrected chi connectivity index (χ1v) is 5.53. The third-order valence-corrected chi connectivity index (χ3v) is 3.09. The Morgan fingerprint density at radius 3 is 2.64 bits per heavy atom. The molecule has 3 heteroatoms. The van der Waals surface area contributed by atoms with Crippen molar-refractivity contribution < 1.29 is 9.53 Å². The van der Waals surface area contributed by atoms with Gasteiger partial charge in [-0.05, 0) is 24.3 Å². The Morgan fingerprint density at radius 1 is 1.43 bits per heavy atom. The zero-order chi connectivity index (χ0) is 10.8. The minimum Gasteiger partial charge on any atom is -0.457 e. The molecule has 0 bridgehead atoms. The lowest BCUT2D eigenvalue weighted by Crippen LogP contribution is -2.11. The van der Waals surface area contributed by atoms with Crippen molar-refractivity contribution in [3.05, 3.63) is 16.2 Å². The van der Waals surface area contributed by atoms with Crippen LogP contribution in [0, 0.1) is 5.41 Å². The molecule has 78 valence electrons. The van der Waals surface area contributed by atoms with Crippen molar-refractivity contribution in [2.24, 2.45) is 5.41 Å². The Labute approximate surface area is 89.4 Å². The number of thioether (sulfide) groups is 1. The van der Waals surface area contributed by atoms with Crippen LogP contribution in [0.15, 0.2) is 16.2 Å². The zero-order valence-corrected chi connectivity index (χ0v) is 9.96. The summed E-state index contributed by atoms with van der Waals surface area (Å²) in [5.74, 6) is 0. The highest BCUT2D eigenvalue weighted by Gasteiger charge is 2.22. The van der Waals surface area contributed by atoms with E-state index in [-0.39, 0.29) is 10.7 Å². The first-order valence-electron chi connectivity index (χ1n) is 4.71. The van der Waals surface area contributed by atoms with Gasteiger partial charge in [-0.3, -0.25) is 0 Å². The molecule has 0 saturated carbocycles. The van der Waals surface area contributed by atoms with Gasteiger partial charge in [0, 0.05) is 16.7 Å². The molecule has 0 spiro atoms. The van der Waals surface area contributed by atoms with Crippen LogP contribution in [-0.2, 0) is 4.74 Å². The van der Waals surface area contributed by atoms with Gasteiger partial charge in [-0.1, -0.05) is 20.8 Å². The number of carbonyl (C=O) groups excluding carboxylic acids is 1. The number of ether oxygens (including phenoxy) is 1. The standard InChI is InChI=1S/C11H16O2S/c1-8-5-6-13-10(12)14-9(7-8)11(2,3)4/h5-6H2,1-4H3. The summed E-state index contributed by atoms with van der Waals surface area (Å²) in [6.45, 7) is 8.72. The Balaban J connectivity index is 3.07. The largest absolute Gasteiger partial charge is 0.457 e. The fourth-order valence-corrected chi connectivity index (χ4v) is 1.86. The van der Waals surface area contributed by atoms with E-state index in [1.165, 1.54) is 0 Å². The molecule has 0 atom stereocenters. The van der Waals surface area contributed by atoms with Crippen LogP contribution in [0.2, 0.25) is 0 Å². The van der Waals surface area contributed by atoms with Crippen molar-refractivity contribution in [1.29, 1.82) is 0 Å². The number of rotatable bonds is 0. The van der Waals surface area contributed by atoms with Gasteiger partial charge < -0.3 is 4.74 Å². The fourth-order valence-electron chi connectivity index (χ4n) is 1.02. The predicted octanol–water partition coefficient (Wildman–Crippen LogP) is 3.74. The second-order valence-electron chi connectivity index (χ2n) is 4.43. The summed E-state index contributed by atoms with van der Waals surface area (Å²) in [7, 11) is 0. The molecule has 0 fully saturated rings. The number of carbonyl (C=O) groups is 1. The quantitative estimate of drug-likeness (QED) is 0.452. The van der Waals surface area contributed by atoms with E-state index in [2.05, 4.69) is 26.5 Å². The van der Waals surface area contributed by atoms with E-state index < -0.39 is 0 Å². The Kier molecular flexibility index (Phi) is 3.46. The van der Waals surface area contributed by atoms with Crippen LogP contribution >= 0.6 is 11.8 Å². The van der Waals surface area contributed by atoms with Crippen LogP contribution in [0.4, 0.5) is 4.79 Å². The van der Waals surface area contributed by atoms with Crippen molar-refractivity contribution in [1.82, 2.24) is 0 Å². The molecule has 0 aromatic carbocycles. The van der Waals surface area contributed by atoms with Gasteiger partial charge >= 0.3 is 5.30 Å². The summed E-state index contributed by atoms with van der Waals surface area (Å²) < 4.78 is 5.02. The molecule has 0 N–H and O–H groups in total. The van der Waals surface area contributed by atoms with Crippen LogP contribution < -0.4 is 0 Å². The van der Waals surface area contributed by atoms with E-state index in [1.54, 1.807) is 0 Å². The minimum absolute atomic E-state index is 0.0394. The predicted molar refractivity (Wildman–Crippen MR) is 59.2 cm³/mol. The topological polar surface area (TPSA) is 26.3 Å². The van der Waals surface area contributed by atoms with Gasteiger partial charge in [0.1, 0.15) is 0 Å². The van der Waals surface area contributed by atoms with Crippen LogP contribution in [0.5, 0.6) is 0 Å². The average molecular weight is 212 g/mol. The van der Waals surface area contributed by atoms with Gasteiger partial charge in [0.05, 0.1) is 6.61 Å². The van der Waals surface area contributed by atoms with Crippen LogP contribution in [-0.4, -0.2) is 11.9 Å². The van der Waals surface area contributed by atoms with Crippen LogP contribution in [0.3, 0.4) is 0 Å². The summed E-state index contributed by atoms with van der Waals surface area (Å²) in [5.41, 5.74) is 4.39. The van der Waals surface area contributed by atoms with Crippen molar-refractivity contribution in [3.63, 3.8) is 0 Å². The molecule has 0 aliphatic carbocycles. The molecule has 1 aliphatic rings. The lowest BCUT2D eigenvalue weighted by atomic mass is 9.96. The van der Waals surface area contributed by atoms with E-state index in [0.29, 0.717) is 6.61 Å². The highest BCUT2D eigenvalue weighted by molar-refractivity contribution is 8.16. The van der Waals surface area contributed by atoms with Gasteiger partial charge in [0.25, 0.3) is 0 Å². The maximum atomic E-state index is 11.3. The Bertz CT molecular complexity index is 304. The van der Waals surface area contributed by atoms with Crippen molar-refractivity contribution in [2.75, 3.05) is 6.61 Å². The smallest absolute Gasteiger partial charge is 0.372 e. The van der Waals surface area contributed by atoms with E-state index in [4.69, 9.17) is 4.74 Å². The highest BCUT2D eigenvalue weighted by Crippen LogP contribution is 2.35. The lowest BCUT2D eigenvalue weighted by Gasteiger charge is -2.20. The van der Waals surface area contributed by atoms with Gasteiger partial charge in [-0.2, -0.15) is 0 Å². The molecule has 0 radical (unpaired) electrons. The SMILES string of the molecule is CC1=C=C(C(C)(C)C)SC(=O)OCC1. The second kappa shape index (κ2) is 4.24. The van der Waals surface area contributed by atoms with Crippen molar-refractivity contribution in [3.8, 4) is 0 Å². The number of cyclic esters (lactones) is 1. The zero-order valence-electron chi connectivity index (χ0n) is 9.14. The molecule has 0 saturated heterocycles. The molecule has 2 nitrogen and oxygen atoms in total. The van der Waals surface area contributed by atoms with Gasteiger partial charge in [0.2, 0.25) is 0 Å². The molecule has 1 aliphatic heterocycles. The maximum absolute atomic E-state index is 11.3. The van der Waals surface area contributed by atoms with Crippen molar-refractivity contribution >= 4 is 17.1 Å². The summed E-state index contributed by atoms with van der Waals surface area (Å²) in [4.78, 5) is 12.2. The van der Waals surface area contributed by atoms with Gasteiger partial charge in [-0.15, -0.1) is 5.73 Å². The summed E-state index contributed by atoms with van der Waals surface area (Å²) in [6.07, 6.45) is 0.784. The van der Waals surface area contributed by atoms with E-state index in [1.807, 2.05) is 6.92 Å². The first-order chi connectivity index (χ1) is 6.39. The molecule has 1 rings (SSSR count). The lowest BCUT2D eigenvalue weighted by molar-refractivity contribution is 0.176. The normalized spacial score (nSPS) is 19.0. The van der Waals surface area contributed by atoms with E-state index >= 15 is 0 Å². The molecular formula is C11H16O2S. The van der Waals surface area contributed by atoms with Gasteiger partial charge in [0.15, 0.2) is 0 Å². The van der Waals surface area contributed by atoms with Crippen molar-refractivity contribution in [2.45, 2.75) is 34.1 Å². The van der Waals surface area contributed by atoms with E-state index in [0.717, 1.165) is 28.7 Å². The summed E-state index contributed by atoms with van der Waals surface area (Å²) in [6, 6.07) is 0. The molecule has 0 amide bonds. The van der Waals surface area contributed by atoms with E-state index in [9.17, 15) is 4.79 Å². The molecule has 0 unspecified atom stereocenters. The van der Waals surface area contributed by atoms with Crippen LogP contribution in [0.25, 0.3) is 0 Å². The molecule has 1 heterocycles. The number of hydrogen-bond donors (Lipinski definition) is 0. The molecule has 0 aromatic rings. The third-order valence-electron chi connectivity index (χ3n) is 1.89. The molecule has 0 aromatic heterocycles. The molecular weight excluding hydrogens is 196 g/mol. The Hall–Kier alpha value is -0.660. The first kappa shape index (κ1) is 11.4. The minimum atomic E-state index is -0.213. The third kappa shape index (κ3) is 3.24. The summed E-state index contributed by atoms with van der Waals surface area (Å²) >= 11 is 1.15. The highest BCUT2D eigenvalue weighted by atomic mass is 32.2. The molecule has 14 heavy (non-hydrogen) atoms. The number of hydrogen-bond acceptors (Lipinski definition) is 3. The Morgan fingerprint density at radius 2 is 2.07 bits per heavy atom. The van der Waals surface area contributed by atoms with Crippen LogP contribution in [0.1, 0.15) is 34.1 Å². The maximum Gasteiger partial charge on any atom is 0.372 e. The average Bonchev–Trinajstić information content (AvgIpc) is 1.98.